The maximum Gasteiger partial charge on any atom is 0.243 e. The van der Waals surface area contributed by atoms with E-state index in [0.717, 1.165) is 22.6 Å². The molecule has 8 heteroatoms. The van der Waals surface area contributed by atoms with Gasteiger partial charge in [-0.25, -0.2) is 13.2 Å². The number of amides is 2. The molecule has 28 heavy (non-hydrogen) atoms. The quantitative estimate of drug-likeness (QED) is 0.652. The van der Waals surface area contributed by atoms with Gasteiger partial charge in [0, 0.05) is 10.9 Å². The molecule has 1 heterocycles. The van der Waals surface area contributed by atoms with Gasteiger partial charge in [0.15, 0.2) is 17.5 Å². The molecule has 2 amide bonds. The summed E-state index contributed by atoms with van der Waals surface area (Å²) in [6.07, 6.45) is 1.48. The second kappa shape index (κ2) is 7.75. The first-order chi connectivity index (χ1) is 13.3. The van der Waals surface area contributed by atoms with Crippen LogP contribution in [-0.2, 0) is 16.0 Å². The van der Waals surface area contributed by atoms with Gasteiger partial charge in [0.1, 0.15) is 5.58 Å². The summed E-state index contributed by atoms with van der Waals surface area (Å²) in [4.78, 5) is 23.9. The zero-order valence-electron chi connectivity index (χ0n) is 15.2. The lowest BCUT2D eigenvalue weighted by Crippen LogP contribution is -2.34. The van der Waals surface area contributed by atoms with Crippen LogP contribution >= 0.6 is 0 Å². The lowest BCUT2D eigenvalue weighted by atomic mass is 10.0. The molecular weight excluding hydrogens is 373 g/mol. The van der Waals surface area contributed by atoms with Gasteiger partial charge in [0.25, 0.3) is 0 Å². The summed E-state index contributed by atoms with van der Waals surface area (Å²) < 4.78 is 45.2. The fourth-order valence-electron chi connectivity index (χ4n) is 2.76. The van der Waals surface area contributed by atoms with E-state index in [0.29, 0.717) is 17.2 Å². The van der Waals surface area contributed by atoms with Gasteiger partial charge in [-0.2, -0.15) is 0 Å². The molecule has 2 aromatic carbocycles. The molecule has 0 fully saturated rings. The van der Waals surface area contributed by atoms with E-state index in [4.69, 9.17) is 4.42 Å². The average Bonchev–Trinajstić information content (AvgIpc) is 3.07. The van der Waals surface area contributed by atoms with Gasteiger partial charge in [0.2, 0.25) is 11.8 Å². The molecule has 0 spiro atoms. The van der Waals surface area contributed by atoms with Gasteiger partial charge < -0.3 is 15.1 Å². The second-order valence-electron chi connectivity index (χ2n) is 6.37. The number of fused-ring (bicyclic) bond motifs is 1. The van der Waals surface area contributed by atoms with Crippen LogP contribution in [0.15, 0.2) is 34.9 Å². The third-order valence-corrected chi connectivity index (χ3v) is 4.45. The second-order valence-corrected chi connectivity index (χ2v) is 6.37. The standard InChI is InChI=1S/C20H17F3N2O3/c1-10-3-4-13-12(9-28-20(13)11(10)2)7-16(26)24-8-17(27)25-15-6-5-14(21)18(22)19(15)23/h3-6,9H,7-8H2,1-2H3,(H,24,26)(H,25,27). The number of nitrogens with one attached hydrogen (secondary N) is 2. The van der Waals surface area contributed by atoms with E-state index < -0.39 is 41.5 Å². The van der Waals surface area contributed by atoms with E-state index in [1.807, 2.05) is 26.0 Å². The number of benzene rings is 2. The van der Waals surface area contributed by atoms with E-state index in [1.165, 1.54) is 6.26 Å². The minimum Gasteiger partial charge on any atom is -0.464 e. The first-order valence-electron chi connectivity index (χ1n) is 8.44. The molecule has 0 saturated heterocycles. The molecule has 0 aliphatic carbocycles. The van der Waals surface area contributed by atoms with Crippen molar-refractivity contribution in [2.45, 2.75) is 20.3 Å². The van der Waals surface area contributed by atoms with E-state index in [2.05, 4.69) is 10.6 Å². The molecule has 5 nitrogen and oxygen atoms in total. The zero-order valence-corrected chi connectivity index (χ0v) is 15.2. The normalized spacial score (nSPS) is 10.9. The third-order valence-electron chi connectivity index (χ3n) is 4.45. The number of carbonyl (C=O) groups is 2. The van der Waals surface area contributed by atoms with Crippen LogP contribution in [0.3, 0.4) is 0 Å². The van der Waals surface area contributed by atoms with Gasteiger partial charge in [-0.15, -0.1) is 0 Å². The van der Waals surface area contributed by atoms with Gasteiger partial charge in [-0.3, -0.25) is 9.59 Å². The Hall–Kier alpha value is -3.29. The Bertz CT molecular complexity index is 1080. The Kier molecular flexibility index (Phi) is 5.39. The van der Waals surface area contributed by atoms with Crippen LogP contribution in [0.25, 0.3) is 11.0 Å². The van der Waals surface area contributed by atoms with Crippen molar-refractivity contribution < 1.29 is 27.2 Å². The van der Waals surface area contributed by atoms with Crippen molar-refractivity contribution in [3.63, 3.8) is 0 Å². The number of aryl methyl sites for hydroxylation is 2. The fraction of sp³-hybridized carbons (Fsp3) is 0.200. The smallest absolute Gasteiger partial charge is 0.243 e. The Balaban J connectivity index is 1.60. The highest BCUT2D eigenvalue weighted by molar-refractivity contribution is 5.95. The molecule has 2 N–H and O–H groups in total. The van der Waals surface area contributed by atoms with Crippen molar-refractivity contribution in [3.05, 3.63) is 64.7 Å². The summed E-state index contributed by atoms with van der Waals surface area (Å²) >= 11 is 0. The predicted octanol–water partition coefficient (Wildman–Crippen LogP) is 3.76. The summed E-state index contributed by atoms with van der Waals surface area (Å²) in [6.45, 7) is 3.43. The van der Waals surface area contributed by atoms with Gasteiger partial charge in [0.05, 0.1) is 24.9 Å². The number of carbonyl (C=O) groups excluding carboxylic acids is 2. The molecular formula is C20H17F3N2O3. The van der Waals surface area contributed by atoms with Crippen LogP contribution in [0.2, 0.25) is 0 Å². The number of furan rings is 1. The maximum atomic E-state index is 13.6. The molecule has 146 valence electrons. The lowest BCUT2D eigenvalue weighted by Gasteiger charge is -2.08. The third kappa shape index (κ3) is 3.85. The van der Waals surface area contributed by atoms with E-state index in [9.17, 15) is 22.8 Å². The molecule has 0 atom stereocenters. The van der Waals surface area contributed by atoms with Crippen molar-refractivity contribution >= 4 is 28.5 Å². The molecule has 0 aliphatic heterocycles. The maximum absolute atomic E-state index is 13.6. The van der Waals surface area contributed by atoms with Crippen LogP contribution in [0, 0.1) is 31.3 Å². The summed E-state index contributed by atoms with van der Waals surface area (Å²) in [6, 6.07) is 5.39. The molecule has 0 unspecified atom stereocenters. The minimum absolute atomic E-state index is 0.0116. The molecule has 3 rings (SSSR count). The van der Waals surface area contributed by atoms with Crippen LogP contribution in [0.4, 0.5) is 18.9 Å². The van der Waals surface area contributed by atoms with Crippen LogP contribution < -0.4 is 10.6 Å². The molecule has 0 saturated carbocycles. The molecule has 0 aliphatic rings. The van der Waals surface area contributed by atoms with Crippen LogP contribution in [0.5, 0.6) is 0 Å². The highest BCUT2D eigenvalue weighted by Crippen LogP contribution is 2.26. The van der Waals surface area contributed by atoms with Gasteiger partial charge >= 0.3 is 0 Å². The highest BCUT2D eigenvalue weighted by atomic mass is 19.2. The average molecular weight is 390 g/mol. The summed E-state index contributed by atoms with van der Waals surface area (Å²) in [5.41, 5.74) is 2.91. The summed E-state index contributed by atoms with van der Waals surface area (Å²) in [5, 5.41) is 5.29. The van der Waals surface area contributed by atoms with Crippen LogP contribution in [0.1, 0.15) is 16.7 Å². The minimum atomic E-state index is -1.68. The van der Waals surface area contributed by atoms with Crippen molar-refractivity contribution in [1.29, 1.82) is 0 Å². The number of hydrogen-bond donors (Lipinski definition) is 2. The summed E-state index contributed by atoms with van der Waals surface area (Å²) in [7, 11) is 0. The Labute approximate surface area is 158 Å². The largest absolute Gasteiger partial charge is 0.464 e. The molecule has 0 bridgehead atoms. The van der Waals surface area contributed by atoms with Gasteiger partial charge in [-0.05, 0) is 37.1 Å². The number of anilines is 1. The van der Waals surface area contributed by atoms with E-state index >= 15 is 0 Å². The number of hydrogen-bond acceptors (Lipinski definition) is 3. The Morgan fingerprint density at radius 3 is 2.50 bits per heavy atom. The van der Waals surface area contributed by atoms with Crippen molar-refractivity contribution in [3.8, 4) is 0 Å². The molecule has 1 aromatic heterocycles. The van der Waals surface area contributed by atoms with Crippen molar-refractivity contribution in [2.24, 2.45) is 0 Å². The summed E-state index contributed by atoms with van der Waals surface area (Å²) in [5.74, 6) is -5.76. The van der Waals surface area contributed by atoms with E-state index in [1.54, 1.807) is 0 Å². The van der Waals surface area contributed by atoms with Crippen molar-refractivity contribution in [1.82, 2.24) is 5.32 Å². The molecule has 0 radical (unpaired) electrons. The number of rotatable bonds is 5. The highest BCUT2D eigenvalue weighted by Gasteiger charge is 2.16. The SMILES string of the molecule is Cc1ccc2c(CC(=O)NCC(=O)Nc3ccc(F)c(F)c3F)coc2c1C. The first-order valence-corrected chi connectivity index (χ1v) is 8.44. The fourth-order valence-corrected chi connectivity index (χ4v) is 2.76. The number of halogens is 3. The van der Waals surface area contributed by atoms with E-state index in [-0.39, 0.29) is 6.42 Å². The van der Waals surface area contributed by atoms with Gasteiger partial charge in [-0.1, -0.05) is 12.1 Å². The predicted molar refractivity (Wildman–Crippen MR) is 97.3 cm³/mol. The first kappa shape index (κ1) is 19.5. The topological polar surface area (TPSA) is 71.3 Å². The Morgan fingerprint density at radius 2 is 1.75 bits per heavy atom. The van der Waals surface area contributed by atoms with Crippen LogP contribution in [-0.4, -0.2) is 18.4 Å². The zero-order chi connectivity index (χ0) is 20.4. The molecule has 3 aromatic rings. The van der Waals surface area contributed by atoms with Crippen molar-refractivity contribution in [2.75, 3.05) is 11.9 Å². The Morgan fingerprint density at radius 1 is 1.00 bits per heavy atom. The lowest BCUT2D eigenvalue weighted by molar-refractivity contribution is -0.123. The monoisotopic (exact) mass is 390 g/mol.